The summed E-state index contributed by atoms with van der Waals surface area (Å²) in [7, 11) is 0. The predicted molar refractivity (Wildman–Crippen MR) is 106 cm³/mol. The quantitative estimate of drug-likeness (QED) is 0.914. The van der Waals surface area contributed by atoms with Crippen molar-refractivity contribution in [2.45, 2.75) is 45.1 Å². The van der Waals surface area contributed by atoms with Gasteiger partial charge in [0.15, 0.2) is 0 Å². The van der Waals surface area contributed by atoms with Crippen LogP contribution in [0.5, 0.6) is 0 Å². The van der Waals surface area contributed by atoms with Crippen LogP contribution in [0.4, 0.5) is 0 Å². The molecule has 2 aliphatic heterocycles. The van der Waals surface area contributed by atoms with Crippen molar-refractivity contribution < 1.29 is 4.74 Å². The van der Waals surface area contributed by atoms with Crippen LogP contribution in [0.2, 0.25) is 0 Å². The van der Waals surface area contributed by atoms with Gasteiger partial charge in [-0.2, -0.15) is 0 Å². The summed E-state index contributed by atoms with van der Waals surface area (Å²) in [6.45, 7) is 14.2. The van der Waals surface area contributed by atoms with Gasteiger partial charge in [-0.1, -0.05) is 12.1 Å². The van der Waals surface area contributed by atoms with Gasteiger partial charge in [0.1, 0.15) is 5.82 Å². The Kier molecular flexibility index (Phi) is 5.04. The van der Waals surface area contributed by atoms with Gasteiger partial charge in [0.2, 0.25) is 0 Å². The predicted octanol–water partition coefficient (Wildman–Crippen LogP) is 3.16. The normalized spacial score (nSPS) is 23.6. The van der Waals surface area contributed by atoms with Crippen LogP contribution >= 0.6 is 0 Å². The number of hydrogen-bond acceptors (Lipinski definition) is 4. The second-order valence-corrected chi connectivity index (χ2v) is 8.58. The fourth-order valence-corrected chi connectivity index (χ4v) is 4.63. The highest BCUT2D eigenvalue weighted by molar-refractivity contribution is 5.78. The van der Waals surface area contributed by atoms with Gasteiger partial charge in [0, 0.05) is 37.6 Å². The number of rotatable bonds is 4. The van der Waals surface area contributed by atoms with Crippen molar-refractivity contribution in [2.24, 2.45) is 0 Å². The number of imidazole rings is 1. The average molecular weight is 357 g/mol. The molecule has 0 amide bonds. The number of hydrogen-bond donors (Lipinski definition) is 1. The molecule has 26 heavy (non-hydrogen) atoms. The zero-order valence-corrected chi connectivity index (χ0v) is 16.4. The maximum absolute atomic E-state index is 5.53. The Morgan fingerprint density at radius 2 is 2.04 bits per heavy atom. The topological polar surface area (TPSA) is 44.4 Å². The summed E-state index contributed by atoms with van der Waals surface area (Å²) in [5.74, 6) is 1.68. The first-order chi connectivity index (χ1) is 12.5. The summed E-state index contributed by atoms with van der Waals surface area (Å²) < 4.78 is 5.53. The van der Waals surface area contributed by atoms with E-state index in [1.54, 1.807) is 0 Å². The van der Waals surface area contributed by atoms with Crippen LogP contribution in [0.3, 0.4) is 0 Å². The van der Waals surface area contributed by atoms with Crippen LogP contribution in [-0.4, -0.2) is 71.2 Å². The third kappa shape index (κ3) is 3.66. The molecule has 5 heteroatoms. The molecule has 0 aliphatic carbocycles. The zero-order chi connectivity index (χ0) is 18.1. The summed E-state index contributed by atoms with van der Waals surface area (Å²) in [5.41, 5.74) is 3.75. The summed E-state index contributed by atoms with van der Waals surface area (Å²) in [5, 5.41) is 0. The van der Waals surface area contributed by atoms with E-state index in [0.29, 0.717) is 5.92 Å². The van der Waals surface area contributed by atoms with Gasteiger partial charge < -0.3 is 14.6 Å². The number of ether oxygens (including phenoxy) is 1. The van der Waals surface area contributed by atoms with Crippen LogP contribution in [0, 0.1) is 6.92 Å². The number of likely N-dealkylation sites (tertiary alicyclic amines) is 1. The van der Waals surface area contributed by atoms with Crippen LogP contribution in [0.25, 0.3) is 11.0 Å². The number of aromatic amines is 1. The Labute approximate surface area is 156 Å². The lowest BCUT2D eigenvalue weighted by Gasteiger charge is -2.45. The fourth-order valence-electron chi connectivity index (χ4n) is 4.63. The van der Waals surface area contributed by atoms with E-state index in [4.69, 9.17) is 9.72 Å². The number of nitrogens with one attached hydrogen (secondary N) is 1. The largest absolute Gasteiger partial charge is 0.379 e. The Bertz CT molecular complexity index is 748. The molecular formula is C21H32N4O. The lowest BCUT2D eigenvalue weighted by Crippen LogP contribution is -2.56. The maximum Gasteiger partial charge on any atom is 0.111 e. The number of morpholine rings is 1. The third-order valence-corrected chi connectivity index (χ3v) is 6.10. The van der Waals surface area contributed by atoms with Gasteiger partial charge in [-0.3, -0.25) is 4.90 Å². The molecule has 3 heterocycles. The number of H-pyrrole nitrogens is 1. The smallest absolute Gasteiger partial charge is 0.111 e. The highest BCUT2D eigenvalue weighted by Gasteiger charge is 2.33. The van der Waals surface area contributed by atoms with Crippen molar-refractivity contribution in [3.05, 3.63) is 29.6 Å². The molecule has 5 nitrogen and oxygen atoms in total. The van der Waals surface area contributed by atoms with E-state index in [2.05, 4.69) is 53.8 Å². The Morgan fingerprint density at radius 3 is 2.81 bits per heavy atom. The summed E-state index contributed by atoms with van der Waals surface area (Å²) in [6, 6.07) is 6.39. The molecule has 2 fully saturated rings. The van der Waals surface area contributed by atoms with Gasteiger partial charge in [0.25, 0.3) is 0 Å². The molecule has 1 aromatic heterocycles. The fraction of sp³-hybridized carbons (Fsp3) is 0.667. The van der Waals surface area contributed by atoms with Gasteiger partial charge >= 0.3 is 0 Å². The van der Waals surface area contributed by atoms with Crippen molar-refractivity contribution in [3.8, 4) is 0 Å². The van der Waals surface area contributed by atoms with Crippen LogP contribution < -0.4 is 0 Å². The number of aryl methyl sites for hydroxylation is 1. The van der Waals surface area contributed by atoms with Gasteiger partial charge in [0.05, 0.1) is 24.2 Å². The first-order valence-electron chi connectivity index (χ1n) is 10.0. The number of fused-ring (bicyclic) bond motifs is 1. The molecule has 2 aromatic rings. The van der Waals surface area contributed by atoms with Gasteiger partial charge in [-0.15, -0.1) is 0 Å². The van der Waals surface area contributed by atoms with Crippen LogP contribution in [0.1, 0.15) is 44.0 Å². The lowest BCUT2D eigenvalue weighted by atomic mass is 9.94. The van der Waals surface area contributed by atoms with E-state index in [0.717, 1.165) is 44.9 Å². The Morgan fingerprint density at radius 1 is 1.23 bits per heavy atom. The lowest BCUT2D eigenvalue weighted by molar-refractivity contribution is -0.0242. The minimum absolute atomic E-state index is 0.191. The van der Waals surface area contributed by atoms with Crippen molar-refractivity contribution in [2.75, 3.05) is 45.9 Å². The summed E-state index contributed by atoms with van der Waals surface area (Å²) >= 11 is 0. The van der Waals surface area contributed by atoms with E-state index in [-0.39, 0.29) is 5.54 Å². The number of benzene rings is 1. The van der Waals surface area contributed by atoms with Crippen molar-refractivity contribution in [1.82, 2.24) is 19.8 Å². The maximum atomic E-state index is 5.53. The molecule has 1 atom stereocenters. The first kappa shape index (κ1) is 18.0. The highest BCUT2D eigenvalue weighted by Crippen LogP contribution is 2.29. The third-order valence-electron chi connectivity index (χ3n) is 6.10. The van der Waals surface area contributed by atoms with E-state index in [1.807, 2.05) is 0 Å². The molecule has 142 valence electrons. The van der Waals surface area contributed by atoms with E-state index in [1.165, 1.54) is 36.3 Å². The minimum Gasteiger partial charge on any atom is -0.379 e. The number of aromatic nitrogens is 2. The molecule has 1 N–H and O–H groups in total. The van der Waals surface area contributed by atoms with Crippen molar-refractivity contribution in [3.63, 3.8) is 0 Å². The van der Waals surface area contributed by atoms with Crippen molar-refractivity contribution >= 4 is 11.0 Å². The second-order valence-electron chi connectivity index (χ2n) is 8.58. The van der Waals surface area contributed by atoms with Crippen LogP contribution in [-0.2, 0) is 4.74 Å². The second kappa shape index (κ2) is 7.29. The molecule has 2 aliphatic rings. The molecule has 0 bridgehead atoms. The highest BCUT2D eigenvalue weighted by atomic mass is 16.5. The standard InChI is InChI=1S/C21H32N4O/c1-16-6-4-8-18-19(16)23-20(22-18)17-7-5-9-24(14-17)15-21(2,3)25-10-12-26-13-11-25/h4,6,8,17H,5,7,9-15H2,1-3H3,(H,22,23). The van der Waals surface area contributed by atoms with Crippen LogP contribution in [0.15, 0.2) is 18.2 Å². The molecule has 0 radical (unpaired) electrons. The number of para-hydroxylation sites is 1. The van der Waals surface area contributed by atoms with E-state index < -0.39 is 0 Å². The minimum atomic E-state index is 0.191. The Balaban J connectivity index is 1.45. The average Bonchev–Trinajstić information content (AvgIpc) is 3.08. The SMILES string of the molecule is Cc1cccc2[nH]c(C3CCCN(CC(C)(C)N4CCOCC4)C3)nc12. The zero-order valence-electron chi connectivity index (χ0n) is 16.4. The molecule has 0 spiro atoms. The first-order valence-corrected chi connectivity index (χ1v) is 10.0. The number of nitrogens with zero attached hydrogens (tertiary/aromatic N) is 3. The van der Waals surface area contributed by atoms with Crippen molar-refractivity contribution in [1.29, 1.82) is 0 Å². The monoisotopic (exact) mass is 356 g/mol. The summed E-state index contributed by atoms with van der Waals surface area (Å²) in [6.07, 6.45) is 2.48. The molecule has 2 saturated heterocycles. The molecule has 0 saturated carbocycles. The summed E-state index contributed by atoms with van der Waals surface area (Å²) in [4.78, 5) is 13.8. The van der Waals surface area contributed by atoms with E-state index >= 15 is 0 Å². The van der Waals surface area contributed by atoms with Gasteiger partial charge in [-0.05, 0) is 51.8 Å². The number of piperidine rings is 1. The Hall–Kier alpha value is -1.43. The molecule has 1 aromatic carbocycles. The molecule has 1 unspecified atom stereocenters. The molecular weight excluding hydrogens is 324 g/mol. The van der Waals surface area contributed by atoms with Gasteiger partial charge in [-0.25, -0.2) is 4.98 Å². The van der Waals surface area contributed by atoms with E-state index in [9.17, 15) is 0 Å². The molecule has 4 rings (SSSR count).